The van der Waals surface area contributed by atoms with E-state index in [0.717, 1.165) is 21.5 Å². The predicted octanol–water partition coefficient (Wildman–Crippen LogP) is 2.07. The minimum atomic E-state index is -0.222. The van der Waals surface area contributed by atoms with Gasteiger partial charge in [0.1, 0.15) is 6.04 Å². The van der Waals surface area contributed by atoms with Gasteiger partial charge in [-0.05, 0) is 49.7 Å². The summed E-state index contributed by atoms with van der Waals surface area (Å²) in [5, 5.41) is 4.71. The first-order chi connectivity index (χ1) is 11.9. The number of carbonyl (C=O) groups is 2. The number of anilines is 1. The Kier molecular flexibility index (Phi) is 6.78. The van der Waals surface area contributed by atoms with E-state index in [4.69, 9.17) is 4.42 Å². The van der Waals surface area contributed by atoms with E-state index in [2.05, 4.69) is 21.2 Å². The summed E-state index contributed by atoms with van der Waals surface area (Å²) in [5.41, 5.74) is 1.70. The molecule has 0 unspecified atom stereocenters. The van der Waals surface area contributed by atoms with Crippen LogP contribution in [0.2, 0.25) is 0 Å². The molecule has 2 aromatic rings. The Morgan fingerprint density at radius 2 is 2.12 bits per heavy atom. The van der Waals surface area contributed by atoms with Crippen molar-refractivity contribution in [2.24, 2.45) is 0 Å². The smallest absolute Gasteiger partial charge is 0.277 e. The third-order valence-electron chi connectivity index (χ3n) is 3.91. The maximum absolute atomic E-state index is 12.2. The first-order valence-corrected chi connectivity index (χ1v) is 8.83. The van der Waals surface area contributed by atoms with Gasteiger partial charge < -0.3 is 20.0 Å². The number of hydrogen-bond acceptors (Lipinski definition) is 3. The van der Waals surface area contributed by atoms with Gasteiger partial charge in [0.15, 0.2) is 12.3 Å². The summed E-state index contributed by atoms with van der Waals surface area (Å²) in [7, 11) is 1.63. The van der Waals surface area contributed by atoms with E-state index < -0.39 is 0 Å². The van der Waals surface area contributed by atoms with Crippen LogP contribution in [-0.2, 0) is 9.59 Å². The van der Waals surface area contributed by atoms with E-state index in [1.165, 1.54) is 4.90 Å². The van der Waals surface area contributed by atoms with Gasteiger partial charge in [-0.15, -0.1) is 0 Å². The summed E-state index contributed by atoms with van der Waals surface area (Å²) in [6.07, 6.45) is 1.61. The Morgan fingerprint density at radius 1 is 1.36 bits per heavy atom. The number of aryl methyl sites for hydroxylation is 1. The van der Waals surface area contributed by atoms with Crippen molar-refractivity contribution in [3.63, 3.8) is 0 Å². The first-order valence-electron chi connectivity index (χ1n) is 8.03. The average molecular weight is 409 g/mol. The van der Waals surface area contributed by atoms with E-state index >= 15 is 0 Å². The number of halogens is 1. The summed E-state index contributed by atoms with van der Waals surface area (Å²) >= 11 is 3.39. The van der Waals surface area contributed by atoms with E-state index in [1.807, 2.05) is 49.5 Å². The van der Waals surface area contributed by atoms with Crippen LogP contribution in [0.1, 0.15) is 24.3 Å². The SMILES string of the molecule is Cc1cc(Br)ccc1NC(=O)CN(C)C(=O)C[NH2+][C@H](C)c1ccco1. The van der Waals surface area contributed by atoms with Crippen LogP contribution in [0.4, 0.5) is 5.69 Å². The van der Waals surface area contributed by atoms with Gasteiger partial charge >= 0.3 is 0 Å². The molecule has 1 heterocycles. The van der Waals surface area contributed by atoms with E-state index in [1.54, 1.807) is 13.3 Å². The molecule has 1 aromatic heterocycles. The Morgan fingerprint density at radius 3 is 2.76 bits per heavy atom. The highest BCUT2D eigenvalue weighted by Crippen LogP contribution is 2.19. The van der Waals surface area contributed by atoms with Crippen LogP contribution in [0.5, 0.6) is 0 Å². The molecule has 0 saturated carbocycles. The third-order valence-corrected chi connectivity index (χ3v) is 4.40. The summed E-state index contributed by atoms with van der Waals surface area (Å²) in [4.78, 5) is 25.8. The van der Waals surface area contributed by atoms with Gasteiger partial charge in [-0.3, -0.25) is 9.59 Å². The Labute approximate surface area is 155 Å². The molecule has 0 fully saturated rings. The lowest BCUT2D eigenvalue weighted by Crippen LogP contribution is -2.87. The Bertz CT molecular complexity index is 731. The number of benzene rings is 1. The number of rotatable bonds is 7. The number of furan rings is 1. The second kappa shape index (κ2) is 8.82. The topological polar surface area (TPSA) is 79.2 Å². The molecule has 0 saturated heterocycles. The quantitative estimate of drug-likeness (QED) is 0.735. The third kappa shape index (κ3) is 5.72. The minimum Gasteiger partial charge on any atom is -0.463 e. The van der Waals surface area contributed by atoms with Crippen LogP contribution in [0.15, 0.2) is 45.5 Å². The molecule has 0 spiro atoms. The predicted molar refractivity (Wildman–Crippen MR) is 99.1 cm³/mol. The van der Waals surface area contributed by atoms with E-state index in [9.17, 15) is 9.59 Å². The van der Waals surface area contributed by atoms with Crippen molar-refractivity contribution in [1.29, 1.82) is 0 Å². The zero-order valence-electron chi connectivity index (χ0n) is 14.6. The van der Waals surface area contributed by atoms with Crippen molar-refractivity contribution in [2.75, 3.05) is 25.5 Å². The molecule has 1 aromatic carbocycles. The lowest BCUT2D eigenvalue weighted by atomic mass is 10.2. The number of nitrogens with one attached hydrogen (secondary N) is 1. The second-order valence-corrected chi connectivity index (χ2v) is 6.92. The fourth-order valence-electron chi connectivity index (χ4n) is 2.36. The largest absolute Gasteiger partial charge is 0.463 e. The van der Waals surface area contributed by atoms with Crippen LogP contribution in [0.3, 0.4) is 0 Å². The fraction of sp³-hybridized carbons (Fsp3) is 0.333. The lowest BCUT2D eigenvalue weighted by Gasteiger charge is -2.17. The molecule has 0 aliphatic heterocycles. The summed E-state index contributed by atoms with van der Waals surface area (Å²) in [6.45, 7) is 4.15. The van der Waals surface area contributed by atoms with Gasteiger partial charge in [0.2, 0.25) is 5.91 Å². The molecule has 6 nitrogen and oxygen atoms in total. The molecule has 1 atom stereocenters. The van der Waals surface area contributed by atoms with Crippen LogP contribution in [0.25, 0.3) is 0 Å². The molecule has 0 bridgehead atoms. The summed E-state index contributed by atoms with van der Waals surface area (Å²) < 4.78 is 6.27. The van der Waals surface area contributed by atoms with Crippen LogP contribution in [-0.4, -0.2) is 36.9 Å². The molecular weight excluding hydrogens is 386 g/mol. The van der Waals surface area contributed by atoms with Gasteiger partial charge in [-0.2, -0.15) is 0 Å². The van der Waals surface area contributed by atoms with Crippen molar-refractivity contribution in [2.45, 2.75) is 19.9 Å². The van der Waals surface area contributed by atoms with Gasteiger partial charge in [0, 0.05) is 17.2 Å². The molecule has 25 heavy (non-hydrogen) atoms. The van der Waals surface area contributed by atoms with Crippen LogP contribution in [0, 0.1) is 6.92 Å². The summed E-state index contributed by atoms with van der Waals surface area (Å²) in [5.74, 6) is 0.486. The van der Waals surface area contributed by atoms with E-state index in [0.29, 0.717) is 0 Å². The monoisotopic (exact) mass is 408 g/mol. The molecule has 0 aliphatic rings. The number of amides is 2. The fourth-order valence-corrected chi connectivity index (χ4v) is 2.84. The molecule has 2 amide bonds. The molecular formula is C18H23BrN3O3+. The molecule has 134 valence electrons. The number of hydrogen-bond donors (Lipinski definition) is 2. The molecule has 2 rings (SSSR count). The van der Waals surface area contributed by atoms with Crippen molar-refractivity contribution >= 4 is 33.4 Å². The average Bonchev–Trinajstić information content (AvgIpc) is 3.09. The van der Waals surface area contributed by atoms with Gasteiger partial charge in [0.05, 0.1) is 12.8 Å². The van der Waals surface area contributed by atoms with Crippen molar-refractivity contribution in [3.8, 4) is 0 Å². The normalized spacial score (nSPS) is 11.8. The minimum absolute atomic E-state index is 0.0112. The van der Waals surface area contributed by atoms with Gasteiger partial charge in [-0.1, -0.05) is 15.9 Å². The zero-order chi connectivity index (χ0) is 18.4. The van der Waals surface area contributed by atoms with E-state index in [-0.39, 0.29) is 30.9 Å². The van der Waals surface area contributed by atoms with Crippen LogP contribution >= 0.6 is 15.9 Å². The van der Waals surface area contributed by atoms with Gasteiger partial charge in [0.25, 0.3) is 5.91 Å². The first kappa shape index (κ1) is 19.2. The number of quaternary nitrogens is 1. The molecule has 0 aliphatic carbocycles. The maximum atomic E-state index is 12.2. The summed E-state index contributed by atoms with van der Waals surface area (Å²) in [6, 6.07) is 9.37. The standard InChI is InChI=1S/C18H22BrN3O3/c1-12-9-14(19)6-7-15(12)21-17(23)11-22(3)18(24)10-20-13(2)16-5-4-8-25-16/h4-9,13,20H,10-11H2,1-3H3,(H,21,23)/p+1/t13-/m1/s1. The highest BCUT2D eigenvalue weighted by molar-refractivity contribution is 9.10. The molecule has 7 heteroatoms. The number of carbonyl (C=O) groups excluding carboxylic acids is 2. The van der Waals surface area contributed by atoms with Crippen molar-refractivity contribution < 1.29 is 19.3 Å². The highest BCUT2D eigenvalue weighted by Gasteiger charge is 2.18. The maximum Gasteiger partial charge on any atom is 0.277 e. The van der Waals surface area contributed by atoms with Crippen molar-refractivity contribution in [3.05, 3.63) is 52.4 Å². The Balaban J connectivity index is 1.80. The number of likely N-dealkylation sites (N-methyl/N-ethyl adjacent to an activating group) is 1. The molecule has 3 N–H and O–H groups in total. The van der Waals surface area contributed by atoms with Crippen LogP contribution < -0.4 is 10.6 Å². The van der Waals surface area contributed by atoms with Crippen molar-refractivity contribution in [1.82, 2.24) is 4.90 Å². The number of nitrogens with zero attached hydrogens (tertiary/aromatic N) is 1. The number of nitrogens with two attached hydrogens (primary N) is 1. The zero-order valence-corrected chi connectivity index (χ0v) is 16.2. The van der Waals surface area contributed by atoms with Gasteiger partial charge in [-0.25, -0.2) is 0 Å². The second-order valence-electron chi connectivity index (χ2n) is 6.00. The highest BCUT2D eigenvalue weighted by atomic mass is 79.9. The molecule has 0 radical (unpaired) electrons. The lowest BCUT2D eigenvalue weighted by molar-refractivity contribution is -0.684. The Hall–Kier alpha value is -2.12.